The van der Waals surface area contributed by atoms with E-state index in [1.807, 2.05) is 18.2 Å². The molecule has 1 aromatic rings. The molecule has 0 radical (unpaired) electrons. The van der Waals surface area contributed by atoms with Crippen molar-refractivity contribution in [3.8, 4) is 0 Å². The Morgan fingerprint density at radius 3 is 2.50 bits per heavy atom. The van der Waals surface area contributed by atoms with Gasteiger partial charge in [0.05, 0.1) is 11.7 Å². The Morgan fingerprint density at radius 1 is 1.33 bits per heavy atom. The number of ketones is 1. The van der Waals surface area contributed by atoms with Crippen molar-refractivity contribution >= 4 is 29.6 Å². The molecule has 0 bridgehead atoms. The average molecular weight is 262 g/mol. The minimum Gasteiger partial charge on any atom is -0.481 e. The lowest BCUT2D eigenvalue weighted by molar-refractivity contribution is -0.138. The first-order chi connectivity index (χ1) is 8.58. The number of thioether (sulfide) groups is 1. The van der Waals surface area contributed by atoms with Gasteiger partial charge in [0, 0.05) is 11.3 Å². The SMILES string of the molecule is CC(C(=O)O)c1ccc(/C=C2/CSCC2=O)cc1. The van der Waals surface area contributed by atoms with Crippen molar-refractivity contribution in [1.29, 1.82) is 0 Å². The van der Waals surface area contributed by atoms with Crippen molar-refractivity contribution in [2.24, 2.45) is 0 Å². The normalized spacial score (nSPS) is 19.2. The van der Waals surface area contributed by atoms with Crippen LogP contribution in [0.25, 0.3) is 6.08 Å². The molecule has 1 unspecified atom stereocenters. The lowest BCUT2D eigenvalue weighted by atomic mass is 9.99. The fraction of sp³-hybridized carbons (Fsp3) is 0.286. The summed E-state index contributed by atoms with van der Waals surface area (Å²) < 4.78 is 0. The highest BCUT2D eigenvalue weighted by Crippen LogP contribution is 2.23. The third-order valence-electron chi connectivity index (χ3n) is 3.00. The van der Waals surface area contributed by atoms with Gasteiger partial charge < -0.3 is 5.11 Å². The molecule has 4 heteroatoms. The van der Waals surface area contributed by atoms with Crippen molar-refractivity contribution < 1.29 is 14.7 Å². The first kappa shape index (κ1) is 12.9. The van der Waals surface area contributed by atoms with Crippen molar-refractivity contribution in [2.75, 3.05) is 11.5 Å². The second-order valence-corrected chi connectivity index (χ2v) is 5.30. The fourth-order valence-electron chi connectivity index (χ4n) is 1.77. The van der Waals surface area contributed by atoms with E-state index in [-0.39, 0.29) is 5.78 Å². The zero-order valence-corrected chi connectivity index (χ0v) is 10.9. The molecule has 0 aliphatic carbocycles. The van der Waals surface area contributed by atoms with Gasteiger partial charge in [-0.25, -0.2) is 0 Å². The smallest absolute Gasteiger partial charge is 0.310 e. The van der Waals surface area contributed by atoms with Crippen LogP contribution in [0.3, 0.4) is 0 Å². The molecule has 2 rings (SSSR count). The van der Waals surface area contributed by atoms with E-state index >= 15 is 0 Å². The molecule has 1 aliphatic rings. The molecule has 3 nitrogen and oxygen atoms in total. The maximum Gasteiger partial charge on any atom is 0.310 e. The first-order valence-electron chi connectivity index (χ1n) is 5.72. The minimum absolute atomic E-state index is 0.197. The van der Waals surface area contributed by atoms with E-state index in [4.69, 9.17) is 5.11 Å². The molecule has 1 aromatic carbocycles. The Morgan fingerprint density at radius 2 is 2.00 bits per heavy atom. The molecule has 1 saturated heterocycles. The molecule has 94 valence electrons. The Kier molecular flexibility index (Phi) is 3.87. The quantitative estimate of drug-likeness (QED) is 0.851. The zero-order valence-electron chi connectivity index (χ0n) is 10.1. The summed E-state index contributed by atoms with van der Waals surface area (Å²) in [6.45, 7) is 1.66. The maximum absolute atomic E-state index is 11.5. The van der Waals surface area contributed by atoms with Gasteiger partial charge >= 0.3 is 5.97 Å². The largest absolute Gasteiger partial charge is 0.481 e. The third-order valence-corrected chi connectivity index (χ3v) is 3.98. The molecule has 0 saturated carbocycles. The predicted molar refractivity (Wildman–Crippen MR) is 72.8 cm³/mol. The highest BCUT2D eigenvalue weighted by Gasteiger charge is 2.17. The third kappa shape index (κ3) is 2.82. The fourth-order valence-corrected chi connectivity index (χ4v) is 2.71. The number of carboxylic acids is 1. The molecular weight excluding hydrogens is 248 g/mol. The van der Waals surface area contributed by atoms with Gasteiger partial charge in [0.2, 0.25) is 0 Å². The molecule has 1 fully saturated rings. The first-order valence-corrected chi connectivity index (χ1v) is 6.87. The number of hydrogen-bond acceptors (Lipinski definition) is 3. The molecule has 0 spiro atoms. The summed E-state index contributed by atoms with van der Waals surface area (Å²) >= 11 is 1.63. The molecule has 1 heterocycles. The van der Waals surface area contributed by atoms with Gasteiger partial charge in [0.1, 0.15) is 0 Å². The van der Waals surface area contributed by atoms with E-state index in [1.54, 1.807) is 30.8 Å². The second-order valence-electron chi connectivity index (χ2n) is 4.31. The molecule has 0 aromatic heterocycles. The van der Waals surface area contributed by atoms with Crippen molar-refractivity contribution in [3.05, 3.63) is 41.0 Å². The van der Waals surface area contributed by atoms with Crippen molar-refractivity contribution in [2.45, 2.75) is 12.8 Å². The van der Waals surface area contributed by atoms with E-state index in [9.17, 15) is 9.59 Å². The Labute approximate surface area is 110 Å². The van der Waals surface area contributed by atoms with Gasteiger partial charge in [-0.2, -0.15) is 0 Å². The van der Waals surface area contributed by atoms with Gasteiger partial charge in [0.15, 0.2) is 5.78 Å². The van der Waals surface area contributed by atoms with E-state index < -0.39 is 11.9 Å². The topological polar surface area (TPSA) is 54.4 Å². The van der Waals surface area contributed by atoms with Crippen LogP contribution in [-0.2, 0) is 9.59 Å². The number of benzene rings is 1. The Balaban J connectivity index is 2.18. The van der Waals surface area contributed by atoms with Crippen molar-refractivity contribution in [1.82, 2.24) is 0 Å². The van der Waals surface area contributed by atoms with Crippen LogP contribution in [0.15, 0.2) is 29.8 Å². The highest BCUT2D eigenvalue weighted by molar-refractivity contribution is 8.00. The van der Waals surface area contributed by atoms with Gasteiger partial charge in [0.25, 0.3) is 0 Å². The summed E-state index contributed by atoms with van der Waals surface area (Å²) in [7, 11) is 0. The van der Waals surface area contributed by atoms with E-state index in [2.05, 4.69) is 0 Å². The number of aliphatic carboxylic acids is 1. The maximum atomic E-state index is 11.5. The second kappa shape index (κ2) is 5.40. The summed E-state index contributed by atoms with van der Waals surface area (Å²) in [5.74, 6) is 0.202. The van der Waals surface area contributed by atoms with Crippen LogP contribution < -0.4 is 0 Å². The highest BCUT2D eigenvalue weighted by atomic mass is 32.2. The van der Waals surface area contributed by atoms with Gasteiger partial charge in [-0.15, -0.1) is 11.8 Å². The molecule has 0 amide bonds. The van der Waals surface area contributed by atoms with Gasteiger partial charge in [-0.1, -0.05) is 24.3 Å². The summed E-state index contributed by atoms with van der Waals surface area (Å²) in [4.78, 5) is 22.3. The number of hydrogen-bond donors (Lipinski definition) is 1. The molecular formula is C14H14O3S. The van der Waals surface area contributed by atoms with Crippen LogP contribution in [0.5, 0.6) is 0 Å². The van der Waals surface area contributed by atoms with Gasteiger partial charge in [-0.3, -0.25) is 9.59 Å². The number of carboxylic acid groups (broad SMARTS) is 1. The van der Waals surface area contributed by atoms with E-state index in [1.165, 1.54) is 0 Å². The minimum atomic E-state index is -0.830. The number of carbonyl (C=O) groups excluding carboxylic acids is 1. The summed E-state index contributed by atoms with van der Waals surface area (Å²) in [6, 6.07) is 7.32. The standard InChI is InChI=1S/C14H14O3S/c1-9(14(16)17)11-4-2-10(3-5-11)6-12-7-18-8-13(12)15/h2-6,9H,7-8H2,1H3,(H,16,17)/b12-6-. The van der Waals surface area contributed by atoms with Crippen LogP contribution >= 0.6 is 11.8 Å². The molecule has 1 aliphatic heterocycles. The molecule has 1 N–H and O–H groups in total. The molecule has 1 atom stereocenters. The predicted octanol–water partition coefficient (Wildman–Crippen LogP) is 2.57. The lowest BCUT2D eigenvalue weighted by Gasteiger charge is -2.06. The average Bonchev–Trinajstić information content (AvgIpc) is 2.75. The summed E-state index contributed by atoms with van der Waals surface area (Å²) in [5.41, 5.74) is 2.57. The van der Waals surface area contributed by atoms with Crippen molar-refractivity contribution in [3.63, 3.8) is 0 Å². The number of Topliss-reactive ketones (excluding diaryl/α,β-unsaturated/α-hetero) is 1. The summed E-state index contributed by atoms with van der Waals surface area (Å²) in [5, 5.41) is 8.91. The number of rotatable bonds is 3. The van der Waals surface area contributed by atoms with Crippen LogP contribution in [0.2, 0.25) is 0 Å². The van der Waals surface area contributed by atoms with Crippen LogP contribution in [-0.4, -0.2) is 28.4 Å². The summed E-state index contributed by atoms with van der Waals surface area (Å²) in [6.07, 6.45) is 1.89. The van der Waals surface area contributed by atoms with Crippen LogP contribution in [0, 0.1) is 0 Å². The van der Waals surface area contributed by atoms with E-state index in [0.29, 0.717) is 5.75 Å². The Hall–Kier alpha value is -1.55. The monoisotopic (exact) mass is 262 g/mol. The molecule has 18 heavy (non-hydrogen) atoms. The number of carbonyl (C=O) groups is 2. The van der Waals surface area contributed by atoms with Crippen LogP contribution in [0.1, 0.15) is 24.0 Å². The zero-order chi connectivity index (χ0) is 13.1. The van der Waals surface area contributed by atoms with E-state index in [0.717, 1.165) is 22.5 Å². The Bertz CT molecular complexity index is 502. The van der Waals surface area contributed by atoms with Gasteiger partial charge in [-0.05, 0) is 24.1 Å². The lowest BCUT2D eigenvalue weighted by Crippen LogP contribution is -2.07. The van der Waals surface area contributed by atoms with Crippen LogP contribution in [0.4, 0.5) is 0 Å².